The minimum absolute atomic E-state index is 0.0321. The molecule has 8 heteroatoms. The van der Waals surface area contributed by atoms with E-state index in [4.69, 9.17) is 4.74 Å². The summed E-state index contributed by atoms with van der Waals surface area (Å²) in [6.45, 7) is 4.50. The van der Waals surface area contributed by atoms with E-state index in [2.05, 4.69) is 15.3 Å². The molecule has 0 radical (unpaired) electrons. The van der Waals surface area contributed by atoms with Gasteiger partial charge in [-0.15, -0.1) is 0 Å². The number of nitrogens with one attached hydrogen (secondary N) is 1. The lowest BCUT2D eigenvalue weighted by molar-refractivity contribution is -0.116. The van der Waals surface area contributed by atoms with Crippen molar-refractivity contribution in [3.63, 3.8) is 0 Å². The third kappa shape index (κ3) is 6.40. The van der Waals surface area contributed by atoms with Gasteiger partial charge in [-0.2, -0.15) is 0 Å². The summed E-state index contributed by atoms with van der Waals surface area (Å²) in [5, 5.41) is 2.78. The van der Waals surface area contributed by atoms with Gasteiger partial charge in [0.1, 0.15) is 5.78 Å². The van der Waals surface area contributed by atoms with Gasteiger partial charge in [-0.25, -0.2) is 13.8 Å². The number of carbonyl (C=O) groups is 2. The maximum atomic E-state index is 12.4. The zero-order chi connectivity index (χ0) is 20.0. The molecular weight excluding hydrogens is 356 g/mol. The Labute approximate surface area is 156 Å². The number of rotatable bonds is 8. The highest BCUT2D eigenvalue weighted by atomic mass is 19.3. The van der Waals surface area contributed by atoms with Crippen molar-refractivity contribution in [3.8, 4) is 5.88 Å². The molecule has 0 spiro atoms. The smallest absolute Gasteiger partial charge is 0.272 e. The van der Waals surface area contributed by atoms with Gasteiger partial charge in [0.05, 0.1) is 0 Å². The molecule has 144 valence electrons. The predicted molar refractivity (Wildman–Crippen MR) is 95.0 cm³/mol. The quantitative estimate of drug-likeness (QED) is 0.765. The minimum Gasteiger partial charge on any atom is -0.472 e. The molecule has 0 aliphatic heterocycles. The number of alkyl halides is 2. The average molecular weight is 377 g/mol. The van der Waals surface area contributed by atoms with Crippen molar-refractivity contribution in [1.82, 2.24) is 15.3 Å². The second-order valence-electron chi connectivity index (χ2n) is 6.20. The number of aromatic nitrogens is 2. The maximum Gasteiger partial charge on any atom is 0.272 e. The number of ether oxygens (including phenoxy) is 1. The molecule has 27 heavy (non-hydrogen) atoms. The molecule has 2 aromatic rings. The van der Waals surface area contributed by atoms with Crippen LogP contribution in [-0.2, 0) is 17.8 Å². The highest BCUT2D eigenvalue weighted by Gasteiger charge is 2.11. The average Bonchev–Trinajstić information content (AvgIpc) is 2.57. The van der Waals surface area contributed by atoms with Crippen molar-refractivity contribution in [2.24, 2.45) is 0 Å². The summed E-state index contributed by atoms with van der Waals surface area (Å²) < 4.78 is 29.2. The molecule has 0 fully saturated rings. The van der Waals surface area contributed by atoms with Crippen molar-refractivity contribution < 1.29 is 23.1 Å². The summed E-state index contributed by atoms with van der Waals surface area (Å²) >= 11 is 0. The van der Waals surface area contributed by atoms with Crippen LogP contribution in [0.15, 0.2) is 24.4 Å². The van der Waals surface area contributed by atoms with E-state index in [1.165, 1.54) is 13.1 Å². The van der Waals surface area contributed by atoms with E-state index in [0.29, 0.717) is 17.0 Å². The molecule has 6 nitrogen and oxygen atoms in total. The Morgan fingerprint density at radius 3 is 2.59 bits per heavy atom. The normalized spacial score (nSPS) is 10.7. The number of ketones is 1. The van der Waals surface area contributed by atoms with Crippen LogP contribution < -0.4 is 10.1 Å². The summed E-state index contributed by atoms with van der Waals surface area (Å²) in [4.78, 5) is 31.9. The first kappa shape index (κ1) is 20.4. The lowest BCUT2D eigenvalue weighted by atomic mass is 10.1. The second-order valence-corrected chi connectivity index (χ2v) is 6.20. The number of hydrogen-bond acceptors (Lipinski definition) is 5. The highest BCUT2D eigenvalue weighted by Crippen LogP contribution is 2.15. The Morgan fingerprint density at radius 1 is 1.22 bits per heavy atom. The molecule has 1 amide bonds. The molecule has 0 atom stereocenters. The summed E-state index contributed by atoms with van der Waals surface area (Å²) in [5.74, 6) is -0.223. The molecule has 2 rings (SSSR count). The van der Waals surface area contributed by atoms with Gasteiger partial charge in [-0.3, -0.25) is 14.6 Å². The molecule has 0 bridgehead atoms. The van der Waals surface area contributed by atoms with Crippen molar-refractivity contribution in [2.45, 2.75) is 40.2 Å². The third-order valence-corrected chi connectivity index (χ3v) is 3.69. The lowest BCUT2D eigenvalue weighted by Gasteiger charge is -2.11. The summed E-state index contributed by atoms with van der Waals surface area (Å²) in [6, 6.07) is 4.78. The van der Waals surface area contributed by atoms with Gasteiger partial charge in [0.15, 0.2) is 6.61 Å². The number of aryl methyl sites for hydroxylation is 2. The first-order chi connectivity index (χ1) is 12.7. The van der Waals surface area contributed by atoms with Gasteiger partial charge in [0, 0.05) is 42.2 Å². The van der Waals surface area contributed by atoms with Crippen molar-refractivity contribution in [3.05, 3.63) is 52.5 Å². The minimum atomic E-state index is -2.57. The van der Waals surface area contributed by atoms with Crippen LogP contribution in [0.25, 0.3) is 0 Å². The van der Waals surface area contributed by atoms with E-state index in [0.717, 1.165) is 11.1 Å². The van der Waals surface area contributed by atoms with Crippen LogP contribution in [0.4, 0.5) is 8.78 Å². The largest absolute Gasteiger partial charge is 0.472 e. The van der Waals surface area contributed by atoms with Crippen LogP contribution in [0.5, 0.6) is 5.88 Å². The zero-order valence-corrected chi connectivity index (χ0v) is 15.4. The van der Waals surface area contributed by atoms with Crippen LogP contribution in [0.1, 0.15) is 39.8 Å². The third-order valence-electron chi connectivity index (χ3n) is 3.69. The number of Topliss-reactive ketones (excluding diaryl/α,β-unsaturated/α-hetero) is 1. The van der Waals surface area contributed by atoms with Crippen molar-refractivity contribution >= 4 is 11.7 Å². The Hall–Kier alpha value is -2.90. The van der Waals surface area contributed by atoms with Crippen LogP contribution in [0.2, 0.25) is 0 Å². The van der Waals surface area contributed by atoms with Crippen LogP contribution >= 0.6 is 0 Å². The number of carbonyl (C=O) groups excluding carboxylic acids is 2. The monoisotopic (exact) mass is 377 g/mol. The number of halogens is 2. The Kier molecular flexibility index (Phi) is 6.92. The van der Waals surface area contributed by atoms with E-state index in [1.54, 1.807) is 32.0 Å². The van der Waals surface area contributed by atoms with Crippen LogP contribution in [0.3, 0.4) is 0 Å². The molecule has 2 heterocycles. The van der Waals surface area contributed by atoms with Crippen molar-refractivity contribution in [2.75, 3.05) is 6.61 Å². The van der Waals surface area contributed by atoms with Gasteiger partial charge in [-0.1, -0.05) is 0 Å². The summed E-state index contributed by atoms with van der Waals surface area (Å²) in [5.41, 5.74) is 3.12. The molecule has 0 saturated heterocycles. The molecule has 0 unspecified atom stereocenters. The summed E-state index contributed by atoms with van der Waals surface area (Å²) in [6.07, 6.45) is -0.914. The van der Waals surface area contributed by atoms with Gasteiger partial charge < -0.3 is 10.1 Å². The van der Waals surface area contributed by atoms with Gasteiger partial charge in [-0.05, 0) is 44.0 Å². The molecule has 2 aromatic heterocycles. The first-order valence-electron chi connectivity index (χ1n) is 8.36. The van der Waals surface area contributed by atoms with Crippen LogP contribution in [0, 0.1) is 13.8 Å². The van der Waals surface area contributed by atoms with E-state index in [9.17, 15) is 18.4 Å². The maximum absolute atomic E-state index is 12.4. The second kappa shape index (κ2) is 9.16. The number of hydrogen-bond donors (Lipinski definition) is 1. The van der Waals surface area contributed by atoms with E-state index < -0.39 is 13.0 Å². The Morgan fingerprint density at radius 2 is 1.96 bits per heavy atom. The number of nitrogens with zero attached hydrogens (tertiary/aromatic N) is 2. The highest BCUT2D eigenvalue weighted by molar-refractivity contribution is 5.94. The van der Waals surface area contributed by atoms with Crippen LogP contribution in [-0.4, -0.2) is 34.7 Å². The predicted octanol–water partition coefficient (Wildman–Crippen LogP) is 2.80. The van der Waals surface area contributed by atoms with E-state index >= 15 is 0 Å². The molecule has 0 saturated carbocycles. The molecular formula is C19H21F2N3O3. The molecule has 0 aromatic carbocycles. The van der Waals surface area contributed by atoms with E-state index in [-0.39, 0.29) is 30.5 Å². The van der Waals surface area contributed by atoms with Gasteiger partial charge >= 0.3 is 0 Å². The summed E-state index contributed by atoms with van der Waals surface area (Å²) in [7, 11) is 0. The van der Waals surface area contributed by atoms with Crippen molar-refractivity contribution in [1.29, 1.82) is 0 Å². The number of amides is 1. The standard InChI is InChI=1S/C19H21F2N3O3/c1-11-4-18(27-10-17(20)21)22-8-15(11)9-23-19(26)14-5-12(2)24-16(7-14)6-13(3)25/h4-5,7-8,17H,6,9-10H2,1-3H3,(H,23,26). The SMILES string of the molecule is CC(=O)Cc1cc(C(=O)NCc2cnc(OCC(F)F)cc2C)cc(C)n1. The Bertz CT molecular complexity index is 841. The Balaban J connectivity index is 2.03. The van der Waals surface area contributed by atoms with E-state index in [1.807, 2.05) is 0 Å². The fourth-order valence-corrected chi connectivity index (χ4v) is 2.46. The topological polar surface area (TPSA) is 81.2 Å². The fraction of sp³-hybridized carbons (Fsp3) is 0.368. The molecule has 0 aliphatic rings. The molecule has 0 aliphatic carbocycles. The molecule has 1 N–H and O–H groups in total. The zero-order valence-electron chi connectivity index (χ0n) is 15.4. The lowest BCUT2D eigenvalue weighted by Crippen LogP contribution is -2.24. The van der Waals surface area contributed by atoms with Gasteiger partial charge in [0.2, 0.25) is 5.88 Å². The fourth-order valence-electron chi connectivity index (χ4n) is 2.46. The number of pyridine rings is 2. The van der Waals surface area contributed by atoms with Gasteiger partial charge in [0.25, 0.3) is 12.3 Å². The first-order valence-corrected chi connectivity index (χ1v) is 8.36.